The van der Waals surface area contributed by atoms with Crippen LogP contribution in [0.1, 0.15) is 34.6 Å². The normalized spacial score (nSPS) is 12.8. The van der Waals surface area contributed by atoms with Crippen LogP contribution in [0.4, 0.5) is 0 Å². The molecule has 0 aromatic carbocycles. The van der Waals surface area contributed by atoms with E-state index in [4.69, 9.17) is 7.85 Å². The summed E-state index contributed by atoms with van der Waals surface area (Å²) in [4.78, 5) is 0.164. The maximum atomic E-state index is 6.50. The third-order valence-corrected chi connectivity index (χ3v) is 10.1. The Labute approximate surface area is 88.2 Å². The second-order valence-electron chi connectivity index (χ2n) is 3.44. The molecule has 0 amide bonds. The lowest BCUT2D eigenvalue weighted by atomic mass is 10.1. The fraction of sp³-hybridized carbons (Fsp3) is 1.00. The van der Waals surface area contributed by atoms with Crippen molar-refractivity contribution in [1.82, 2.24) is 0 Å². The van der Waals surface area contributed by atoms with Crippen LogP contribution < -0.4 is 0 Å². The summed E-state index contributed by atoms with van der Waals surface area (Å²) in [5, 5.41) is 0. The van der Waals surface area contributed by atoms with Crippen LogP contribution in [0.2, 0.25) is 0 Å². The van der Waals surface area contributed by atoms with E-state index in [1.54, 1.807) is 0 Å². The lowest BCUT2D eigenvalue weighted by Crippen LogP contribution is -2.24. The highest BCUT2D eigenvalue weighted by Crippen LogP contribution is 2.64. The molecule has 0 aliphatic heterocycles. The van der Waals surface area contributed by atoms with Crippen molar-refractivity contribution < 1.29 is 0 Å². The Morgan fingerprint density at radius 2 is 1.08 bits per heavy atom. The summed E-state index contributed by atoms with van der Waals surface area (Å²) in [7, 11) is 6.62. The Morgan fingerprint density at radius 1 is 0.846 bits per heavy atom. The Kier molecular flexibility index (Phi) is 6.87. The molecule has 0 spiro atoms. The maximum Gasteiger partial charge on any atom is 0.0869 e. The van der Waals surface area contributed by atoms with Crippen molar-refractivity contribution in [3.05, 3.63) is 0 Å². The molecule has 0 aliphatic carbocycles. The Hall–Kier alpha value is 0.925. The molecular formula is C10H23BP2. The predicted molar refractivity (Wildman–Crippen MR) is 70.2 cm³/mol. The molecule has 0 atom stereocenters. The number of hydrogen-bond acceptors (Lipinski definition) is 0. The molecule has 0 unspecified atom stereocenters. The van der Waals surface area contributed by atoms with Crippen LogP contribution in [0, 0.1) is 0 Å². The first-order valence-corrected chi connectivity index (χ1v) is 8.75. The summed E-state index contributed by atoms with van der Waals surface area (Å²) in [6, 6.07) is 0. The molecular weight excluding hydrogens is 193 g/mol. The average Bonchev–Trinajstić information content (AvgIpc) is 2.07. The summed E-state index contributed by atoms with van der Waals surface area (Å²) in [6.45, 7) is 11.5. The minimum absolute atomic E-state index is 0.0561. The molecule has 0 heterocycles. The van der Waals surface area contributed by atoms with E-state index in [-0.39, 0.29) is 20.6 Å². The predicted octanol–water partition coefficient (Wildman–Crippen LogP) is 3.87. The molecule has 0 aliphatic rings. The van der Waals surface area contributed by atoms with Gasteiger partial charge in [0, 0.05) is 0 Å². The van der Waals surface area contributed by atoms with Crippen molar-refractivity contribution in [2.45, 2.75) is 39.4 Å². The molecule has 0 N–H and O–H groups in total. The van der Waals surface area contributed by atoms with Gasteiger partial charge in [0.2, 0.25) is 0 Å². The van der Waals surface area contributed by atoms with Crippen molar-refractivity contribution in [3.63, 3.8) is 0 Å². The number of rotatable bonds is 6. The minimum atomic E-state index is 0.0561. The Balaban J connectivity index is 4.48. The Bertz CT molecular complexity index is 115. The lowest BCUT2D eigenvalue weighted by Gasteiger charge is -2.41. The summed E-state index contributed by atoms with van der Waals surface area (Å²) < 4.78 is 0. The Morgan fingerprint density at radius 3 is 1.23 bits per heavy atom. The number of hydrogen-bond donors (Lipinski definition) is 0. The molecule has 0 saturated carbocycles. The van der Waals surface area contributed by atoms with Gasteiger partial charge >= 0.3 is 0 Å². The standard InChI is InChI=1S/C10H23BP2/c1-6-12(7-2)10(5,11)13(8-3)9-4/h6-9H2,1-5H3. The van der Waals surface area contributed by atoms with Crippen molar-refractivity contribution in [2.24, 2.45) is 0 Å². The van der Waals surface area contributed by atoms with Gasteiger partial charge in [-0.25, -0.2) is 0 Å². The molecule has 76 valence electrons. The largest absolute Gasteiger partial charge is 0.106 e. The molecule has 3 heteroatoms. The summed E-state index contributed by atoms with van der Waals surface area (Å²) >= 11 is 0. The second kappa shape index (κ2) is 6.42. The molecule has 0 saturated heterocycles. The van der Waals surface area contributed by atoms with Gasteiger partial charge in [0.15, 0.2) is 0 Å². The van der Waals surface area contributed by atoms with Crippen LogP contribution in [0.3, 0.4) is 0 Å². The highest BCUT2D eigenvalue weighted by Gasteiger charge is 2.31. The van der Waals surface area contributed by atoms with E-state index >= 15 is 0 Å². The van der Waals surface area contributed by atoms with Crippen molar-refractivity contribution in [3.8, 4) is 0 Å². The zero-order valence-electron chi connectivity index (χ0n) is 9.80. The zero-order valence-corrected chi connectivity index (χ0v) is 11.6. The van der Waals surface area contributed by atoms with Gasteiger partial charge in [-0.15, -0.1) is 15.8 Å². The van der Waals surface area contributed by atoms with E-state index in [1.165, 1.54) is 24.6 Å². The third-order valence-electron chi connectivity index (χ3n) is 2.81. The third kappa shape index (κ3) is 3.52. The molecule has 0 fully saturated rings. The topological polar surface area (TPSA) is 0 Å². The second-order valence-corrected chi connectivity index (χ2v) is 10.3. The molecule has 0 aromatic rings. The highest BCUT2D eigenvalue weighted by molar-refractivity contribution is 7.79. The van der Waals surface area contributed by atoms with Crippen molar-refractivity contribution in [1.29, 1.82) is 0 Å². The van der Waals surface area contributed by atoms with Gasteiger partial charge < -0.3 is 0 Å². The molecule has 2 radical (unpaired) electrons. The average molecular weight is 216 g/mol. The molecule has 13 heavy (non-hydrogen) atoms. The van der Waals surface area contributed by atoms with Gasteiger partial charge in [0.25, 0.3) is 0 Å². The summed E-state index contributed by atoms with van der Waals surface area (Å²) in [5.41, 5.74) is 0. The fourth-order valence-electron chi connectivity index (χ4n) is 1.93. The maximum absolute atomic E-state index is 6.50. The molecule has 0 rings (SSSR count). The van der Waals surface area contributed by atoms with Crippen molar-refractivity contribution >= 4 is 23.7 Å². The molecule has 0 nitrogen and oxygen atoms in total. The van der Waals surface area contributed by atoms with Gasteiger partial charge in [-0.05, 0) is 29.4 Å². The van der Waals surface area contributed by atoms with Crippen LogP contribution in [-0.4, -0.2) is 37.3 Å². The van der Waals surface area contributed by atoms with Crippen LogP contribution in [0.25, 0.3) is 0 Å². The highest BCUT2D eigenvalue weighted by atomic mass is 31.2. The van der Waals surface area contributed by atoms with E-state index in [0.29, 0.717) is 0 Å². The van der Waals surface area contributed by atoms with E-state index in [2.05, 4.69) is 34.6 Å². The van der Waals surface area contributed by atoms with E-state index in [1.807, 2.05) is 0 Å². The lowest BCUT2D eigenvalue weighted by molar-refractivity contribution is 1.17. The van der Waals surface area contributed by atoms with E-state index in [0.717, 1.165) is 0 Å². The van der Waals surface area contributed by atoms with Crippen LogP contribution in [0.15, 0.2) is 0 Å². The van der Waals surface area contributed by atoms with Gasteiger partial charge in [0.1, 0.15) is 0 Å². The van der Waals surface area contributed by atoms with E-state index < -0.39 is 0 Å². The van der Waals surface area contributed by atoms with Crippen LogP contribution >= 0.6 is 15.8 Å². The van der Waals surface area contributed by atoms with Gasteiger partial charge in [-0.3, -0.25) is 0 Å². The van der Waals surface area contributed by atoms with Gasteiger partial charge in [-0.2, -0.15) is 0 Å². The first kappa shape index (κ1) is 13.9. The van der Waals surface area contributed by atoms with Crippen molar-refractivity contribution in [2.75, 3.05) is 24.6 Å². The minimum Gasteiger partial charge on any atom is -0.106 e. The van der Waals surface area contributed by atoms with Crippen LogP contribution in [0.5, 0.6) is 0 Å². The smallest absolute Gasteiger partial charge is 0.0869 e. The SMILES string of the molecule is [B]C(C)(P(CC)CC)P(CC)CC. The summed E-state index contributed by atoms with van der Waals surface area (Å²) in [5.74, 6) is 0. The van der Waals surface area contributed by atoms with Crippen LogP contribution in [-0.2, 0) is 0 Å². The first-order valence-electron chi connectivity index (χ1n) is 5.33. The summed E-state index contributed by atoms with van der Waals surface area (Å²) in [6.07, 6.45) is 5.16. The molecule has 0 bridgehead atoms. The molecule has 0 aromatic heterocycles. The first-order chi connectivity index (χ1) is 6.04. The van der Waals surface area contributed by atoms with E-state index in [9.17, 15) is 0 Å². The fourth-order valence-corrected chi connectivity index (χ4v) is 8.68. The quantitative estimate of drug-likeness (QED) is 0.467. The van der Waals surface area contributed by atoms with Gasteiger partial charge in [-0.1, -0.05) is 34.6 Å². The monoisotopic (exact) mass is 216 g/mol. The zero-order chi connectivity index (χ0) is 10.5. The van der Waals surface area contributed by atoms with Gasteiger partial charge in [0.05, 0.1) is 7.85 Å².